The fourth-order valence-corrected chi connectivity index (χ4v) is 1.88. The average molecular weight is 235 g/mol. The standard InChI is InChI=1S/C10H18N2O2.ClH/c1-10(6-14-7-10)5-12-9(13)8-2-3-11-4-8;/h8,11H,2-7H2,1H3,(H,12,13);1H/t8-;/m0./s1. The van der Waals surface area contributed by atoms with E-state index in [1.807, 2.05) is 0 Å². The second-order valence-electron chi connectivity index (χ2n) is 4.71. The van der Waals surface area contributed by atoms with Crippen molar-refractivity contribution in [1.82, 2.24) is 10.6 Å². The van der Waals surface area contributed by atoms with Gasteiger partial charge in [0, 0.05) is 18.5 Å². The average Bonchev–Trinajstić information content (AvgIpc) is 2.63. The van der Waals surface area contributed by atoms with E-state index in [0.717, 1.165) is 39.3 Å². The van der Waals surface area contributed by atoms with E-state index in [2.05, 4.69) is 17.6 Å². The normalized spacial score (nSPS) is 27.7. The van der Waals surface area contributed by atoms with Gasteiger partial charge in [-0.05, 0) is 13.0 Å². The molecule has 15 heavy (non-hydrogen) atoms. The van der Waals surface area contributed by atoms with Crippen LogP contribution >= 0.6 is 12.4 Å². The van der Waals surface area contributed by atoms with Gasteiger partial charge in [0.15, 0.2) is 0 Å². The van der Waals surface area contributed by atoms with E-state index in [-0.39, 0.29) is 29.6 Å². The number of halogens is 1. The Morgan fingerprint density at radius 3 is 2.80 bits per heavy atom. The Kier molecular flexibility index (Phi) is 4.37. The third-order valence-electron chi connectivity index (χ3n) is 3.02. The first-order valence-electron chi connectivity index (χ1n) is 5.26. The molecule has 88 valence electrons. The first-order chi connectivity index (χ1) is 6.70. The van der Waals surface area contributed by atoms with Gasteiger partial charge < -0.3 is 15.4 Å². The van der Waals surface area contributed by atoms with Crippen LogP contribution in [0.1, 0.15) is 13.3 Å². The number of carbonyl (C=O) groups excluding carboxylic acids is 1. The van der Waals surface area contributed by atoms with Crippen LogP contribution in [0, 0.1) is 11.3 Å². The molecule has 2 N–H and O–H groups in total. The van der Waals surface area contributed by atoms with Gasteiger partial charge in [-0.2, -0.15) is 0 Å². The predicted molar refractivity (Wildman–Crippen MR) is 60.2 cm³/mol. The summed E-state index contributed by atoms with van der Waals surface area (Å²) in [7, 11) is 0. The second kappa shape index (κ2) is 5.14. The van der Waals surface area contributed by atoms with E-state index in [1.54, 1.807) is 0 Å². The molecule has 4 nitrogen and oxygen atoms in total. The zero-order valence-corrected chi connectivity index (χ0v) is 9.86. The highest BCUT2D eigenvalue weighted by Gasteiger charge is 2.34. The summed E-state index contributed by atoms with van der Waals surface area (Å²) in [6, 6.07) is 0. The van der Waals surface area contributed by atoms with E-state index >= 15 is 0 Å². The first kappa shape index (κ1) is 12.7. The summed E-state index contributed by atoms with van der Waals surface area (Å²) in [5.74, 6) is 0.378. The van der Waals surface area contributed by atoms with E-state index in [4.69, 9.17) is 4.74 Å². The molecule has 0 radical (unpaired) electrons. The minimum absolute atomic E-state index is 0. The molecular formula is C10H19ClN2O2. The van der Waals surface area contributed by atoms with Gasteiger partial charge in [0.2, 0.25) is 5.91 Å². The molecule has 2 aliphatic rings. The summed E-state index contributed by atoms with van der Waals surface area (Å²) in [5, 5.41) is 6.20. The van der Waals surface area contributed by atoms with Crippen molar-refractivity contribution < 1.29 is 9.53 Å². The Balaban J connectivity index is 0.00000112. The van der Waals surface area contributed by atoms with Crippen molar-refractivity contribution in [3.63, 3.8) is 0 Å². The van der Waals surface area contributed by atoms with Crippen molar-refractivity contribution in [3.8, 4) is 0 Å². The molecule has 2 aliphatic heterocycles. The lowest BCUT2D eigenvalue weighted by molar-refractivity contribution is -0.129. The molecule has 0 bridgehead atoms. The van der Waals surface area contributed by atoms with E-state index in [1.165, 1.54) is 0 Å². The zero-order valence-electron chi connectivity index (χ0n) is 9.04. The molecule has 0 aliphatic carbocycles. The van der Waals surface area contributed by atoms with Crippen LogP contribution in [0.25, 0.3) is 0 Å². The van der Waals surface area contributed by atoms with Crippen LogP contribution in [0.5, 0.6) is 0 Å². The van der Waals surface area contributed by atoms with Crippen LogP contribution in [-0.4, -0.2) is 38.8 Å². The summed E-state index contributed by atoms with van der Waals surface area (Å²) in [6.45, 7) is 6.25. The molecule has 2 rings (SSSR count). The first-order valence-corrected chi connectivity index (χ1v) is 5.26. The molecule has 1 amide bonds. The maximum Gasteiger partial charge on any atom is 0.224 e. The molecule has 1 atom stereocenters. The van der Waals surface area contributed by atoms with Gasteiger partial charge in [-0.3, -0.25) is 4.79 Å². The summed E-state index contributed by atoms with van der Waals surface area (Å²) < 4.78 is 5.13. The van der Waals surface area contributed by atoms with Crippen molar-refractivity contribution >= 4 is 18.3 Å². The Morgan fingerprint density at radius 2 is 2.33 bits per heavy atom. The maximum absolute atomic E-state index is 11.6. The van der Waals surface area contributed by atoms with Crippen LogP contribution < -0.4 is 10.6 Å². The number of hydrogen-bond acceptors (Lipinski definition) is 3. The molecule has 0 aromatic heterocycles. The lowest BCUT2D eigenvalue weighted by Crippen LogP contribution is -2.49. The minimum Gasteiger partial charge on any atom is -0.380 e. The van der Waals surface area contributed by atoms with Crippen LogP contribution in [-0.2, 0) is 9.53 Å². The molecule has 2 fully saturated rings. The van der Waals surface area contributed by atoms with Crippen molar-refractivity contribution in [3.05, 3.63) is 0 Å². The van der Waals surface area contributed by atoms with Gasteiger partial charge in [0.05, 0.1) is 19.1 Å². The third-order valence-corrected chi connectivity index (χ3v) is 3.02. The Hall–Kier alpha value is -0.320. The highest BCUT2D eigenvalue weighted by atomic mass is 35.5. The quantitative estimate of drug-likeness (QED) is 0.732. The van der Waals surface area contributed by atoms with Gasteiger partial charge in [0.1, 0.15) is 0 Å². The molecule has 2 heterocycles. The lowest BCUT2D eigenvalue weighted by atomic mass is 9.88. The number of amides is 1. The molecule has 0 spiro atoms. The van der Waals surface area contributed by atoms with Gasteiger partial charge in [-0.1, -0.05) is 6.92 Å². The van der Waals surface area contributed by atoms with Crippen LogP contribution in [0.15, 0.2) is 0 Å². The van der Waals surface area contributed by atoms with E-state index in [0.29, 0.717) is 0 Å². The monoisotopic (exact) mass is 234 g/mol. The lowest BCUT2D eigenvalue weighted by Gasteiger charge is -2.38. The van der Waals surface area contributed by atoms with Crippen LogP contribution in [0.4, 0.5) is 0 Å². The van der Waals surface area contributed by atoms with Gasteiger partial charge in [-0.15, -0.1) is 12.4 Å². The fourth-order valence-electron chi connectivity index (χ4n) is 1.88. The molecule has 0 aromatic carbocycles. The SMILES string of the molecule is CC1(CNC(=O)[C@H]2CCNC2)COC1.Cl. The largest absolute Gasteiger partial charge is 0.380 e. The summed E-state index contributed by atoms with van der Waals surface area (Å²) in [6.07, 6.45) is 0.971. The maximum atomic E-state index is 11.6. The number of ether oxygens (including phenoxy) is 1. The summed E-state index contributed by atoms with van der Waals surface area (Å²) in [4.78, 5) is 11.6. The van der Waals surface area contributed by atoms with Crippen molar-refractivity contribution in [2.75, 3.05) is 32.8 Å². The molecule has 0 unspecified atom stereocenters. The highest BCUT2D eigenvalue weighted by molar-refractivity contribution is 5.85. The van der Waals surface area contributed by atoms with E-state index < -0.39 is 0 Å². The summed E-state index contributed by atoms with van der Waals surface area (Å²) >= 11 is 0. The molecule has 5 heteroatoms. The van der Waals surface area contributed by atoms with Gasteiger partial charge in [-0.25, -0.2) is 0 Å². The van der Waals surface area contributed by atoms with Crippen molar-refractivity contribution in [1.29, 1.82) is 0 Å². The van der Waals surface area contributed by atoms with Crippen molar-refractivity contribution in [2.24, 2.45) is 11.3 Å². The van der Waals surface area contributed by atoms with Gasteiger partial charge >= 0.3 is 0 Å². The number of rotatable bonds is 3. The Morgan fingerprint density at radius 1 is 1.60 bits per heavy atom. The topological polar surface area (TPSA) is 50.4 Å². The predicted octanol–water partition coefficient (Wildman–Crippen LogP) is 0.170. The van der Waals surface area contributed by atoms with Crippen LogP contribution in [0.2, 0.25) is 0 Å². The number of hydrogen-bond donors (Lipinski definition) is 2. The third kappa shape index (κ3) is 3.06. The zero-order chi connectivity index (χ0) is 10.0. The fraction of sp³-hybridized carbons (Fsp3) is 0.900. The number of carbonyl (C=O) groups is 1. The second-order valence-corrected chi connectivity index (χ2v) is 4.71. The Bertz CT molecular complexity index is 225. The highest BCUT2D eigenvalue weighted by Crippen LogP contribution is 2.25. The molecular weight excluding hydrogens is 216 g/mol. The van der Waals surface area contributed by atoms with Crippen molar-refractivity contribution in [2.45, 2.75) is 13.3 Å². The number of nitrogens with one attached hydrogen (secondary N) is 2. The van der Waals surface area contributed by atoms with E-state index in [9.17, 15) is 4.79 Å². The summed E-state index contributed by atoms with van der Waals surface area (Å²) in [5.41, 5.74) is 0.182. The smallest absolute Gasteiger partial charge is 0.224 e. The Labute approximate surface area is 96.5 Å². The molecule has 0 saturated carbocycles. The molecule has 2 saturated heterocycles. The minimum atomic E-state index is 0. The molecule has 0 aromatic rings. The van der Waals surface area contributed by atoms with Crippen LogP contribution in [0.3, 0.4) is 0 Å². The van der Waals surface area contributed by atoms with Gasteiger partial charge in [0.25, 0.3) is 0 Å².